The van der Waals surface area contributed by atoms with Crippen molar-refractivity contribution in [2.24, 2.45) is 5.92 Å². The van der Waals surface area contributed by atoms with Crippen molar-refractivity contribution in [1.29, 1.82) is 0 Å². The number of aliphatic hydroxyl groups is 1. The zero-order valence-corrected chi connectivity index (χ0v) is 21.6. The minimum atomic E-state index is -0.561. The van der Waals surface area contributed by atoms with Gasteiger partial charge in [-0.1, -0.05) is 37.5 Å². The Balaban J connectivity index is 1.22. The number of thiophene rings is 1. The number of rotatable bonds is 6. The molecule has 0 saturated heterocycles. The van der Waals surface area contributed by atoms with Gasteiger partial charge in [-0.25, -0.2) is 4.98 Å². The quantitative estimate of drug-likeness (QED) is 0.174. The highest BCUT2D eigenvalue weighted by Crippen LogP contribution is 2.36. The first-order valence-electron chi connectivity index (χ1n) is 13.1. The van der Waals surface area contributed by atoms with Crippen molar-refractivity contribution >= 4 is 39.0 Å². The number of aromatic amines is 2. The summed E-state index contributed by atoms with van der Waals surface area (Å²) in [5.74, 6) is 0.288. The molecule has 0 amide bonds. The van der Waals surface area contributed by atoms with Gasteiger partial charge in [0.25, 0.3) is 0 Å². The molecule has 38 heavy (non-hydrogen) atoms. The van der Waals surface area contributed by atoms with Crippen molar-refractivity contribution in [2.75, 3.05) is 5.32 Å². The molecule has 7 nitrogen and oxygen atoms in total. The topological polar surface area (TPSA) is 103 Å². The summed E-state index contributed by atoms with van der Waals surface area (Å²) in [4.78, 5) is 13.9. The molecule has 1 aromatic carbocycles. The number of benzene rings is 1. The summed E-state index contributed by atoms with van der Waals surface area (Å²) in [6.07, 6.45) is 10.6. The van der Waals surface area contributed by atoms with E-state index in [0.717, 1.165) is 57.6 Å². The van der Waals surface area contributed by atoms with Crippen molar-refractivity contribution < 1.29 is 5.11 Å². The number of hydrogen-bond acceptors (Lipinski definition) is 6. The van der Waals surface area contributed by atoms with Crippen LogP contribution in [-0.4, -0.2) is 36.5 Å². The molecule has 1 saturated carbocycles. The van der Waals surface area contributed by atoms with E-state index in [1.54, 1.807) is 17.5 Å². The zero-order valence-electron chi connectivity index (χ0n) is 20.8. The van der Waals surface area contributed by atoms with Crippen LogP contribution in [0.25, 0.3) is 54.9 Å². The van der Waals surface area contributed by atoms with E-state index < -0.39 is 6.23 Å². The molecule has 0 bridgehead atoms. The third kappa shape index (κ3) is 4.25. The first-order chi connectivity index (χ1) is 18.7. The van der Waals surface area contributed by atoms with Crippen LogP contribution in [0.2, 0.25) is 0 Å². The van der Waals surface area contributed by atoms with Gasteiger partial charge in [-0.15, -0.1) is 11.3 Å². The number of H-pyrrole nitrogens is 2. The van der Waals surface area contributed by atoms with Crippen LogP contribution in [-0.2, 0) is 0 Å². The van der Waals surface area contributed by atoms with Crippen molar-refractivity contribution in [3.05, 3.63) is 72.5 Å². The summed E-state index contributed by atoms with van der Waals surface area (Å²) >= 11 is 1.74. The standard InChI is InChI=1S/C30H28N6OS/c37-30(18-6-2-1-3-7-18)33-21-12-19(15-31-17-21)20-13-24-28(35-36-29(24)32-16-20)26-14-23-22(27-10-5-11-38-27)8-4-9-25(23)34-26/h4-5,8-18,30,33-34,37H,1-3,6-7H2,(H,32,35,36). The predicted octanol–water partition coefficient (Wildman–Crippen LogP) is 7.21. The van der Waals surface area contributed by atoms with Crippen LogP contribution in [0.3, 0.4) is 0 Å². The maximum atomic E-state index is 10.7. The van der Waals surface area contributed by atoms with Crippen LogP contribution in [0, 0.1) is 5.92 Å². The third-order valence-corrected chi connectivity index (χ3v) is 8.51. The normalized spacial score (nSPS) is 15.3. The Morgan fingerprint density at radius 3 is 2.71 bits per heavy atom. The third-order valence-electron chi connectivity index (χ3n) is 7.60. The van der Waals surface area contributed by atoms with Gasteiger partial charge in [0, 0.05) is 56.2 Å². The molecule has 5 heterocycles. The molecule has 5 aromatic heterocycles. The fourth-order valence-corrected chi connectivity index (χ4v) is 6.38. The van der Waals surface area contributed by atoms with Gasteiger partial charge in [-0.3, -0.25) is 10.1 Å². The van der Waals surface area contributed by atoms with Crippen LogP contribution in [0.15, 0.2) is 72.5 Å². The van der Waals surface area contributed by atoms with Crippen LogP contribution < -0.4 is 5.32 Å². The van der Waals surface area contributed by atoms with Crippen LogP contribution >= 0.6 is 11.3 Å². The van der Waals surface area contributed by atoms with E-state index in [9.17, 15) is 5.11 Å². The Bertz CT molecular complexity index is 1710. The predicted molar refractivity (Wildman–Crippen MR) is 154 cm³/mol. The molecule has 1 atom stereocenters. The lowest BCUT2D eigenvalue weighted by Gasteiger charge is -2.27. The van der Waals surface area contributed by atoms with Crippen LogP contribution in [0.5, 0.6) is 0 Å². The SMILES string of the molecule is OC(Nc1cncc(-c2cnc3[nH]nc(-c4cc5c(-c6cccs6)cccc5[nH]4)c3c2)c1)C1CCCCC1. The molecule has 0 spiro atoms. The Morgan fingerprint density at radius 1 is 0.947 bits per heavy atom. The molecule has 0 radical (unpaired) electrons. The summed E-state index contributed by atoms with van der Waals surface area (Å²) in [7, 11) is 0. The summed E-state index contributed by atoms with van der Waals surface area (Å²) in [5.41, 5.74) is 7.48. The second-order valence-corrected chi connectivity index (χ2v) is 11.0. The fraction of sp³-hybridized carbons (Fsp3) is 0.233. The largest absolute Gasteiger partial charge is 0.374 e. The van der Waals surface area contributed by atoms with Gasteiger partial charge in [-0.05, 0) is 48.6 Å². The van der Waals surface area contributed by atoms with Crippen molar-refractivity contribution in [3.63, 3.8) is 0 Å². The number of fused-ring (bicyclic) bond motifs is 2. The molecule has 7 rings (SSSR count). The maximum Gasteiger partial charge on any atom is 0.155 e. The average molecular weight is 521 g/mol. The molecule has 0 aliphatic heterocycles. The van der Waals surface area contributed by atoms with Crippen molar-refractivity contribution in [3.8, 4) is 33.0 Å². The number of anilines is 1. The highest BCUT2D eigenvalue weighted by atomic mass is 32.1. The molecule has 1 fully saturated rings. The van der Waals surface area contributed by atoms with Crippen LogP contribution in [0.4, 0.5) is 5.69 Å². The van der Waals surface area contributed by atoms with E-state index in [2.05, 4.69) is 78.3 Å². The lowest BCUT2D eigenvalue weighted by Crippen LogP contribution is -2.30. The minimum Gasteiger partial charge on any atom is -0.374 e. The number of hydrogen-bond donors (Lipinski definition) is 4. The molecule has 1 unspecified atom stereocenters. The second kappa shape index (κ2) is 9.70. The van der Waals surface area contributed by atoms with Crippen molar-refractivity contribution in [1.82, 2.24) is 25.1 Å². The number of aliphatic hydroxyl groups excluding tert-OH is 1. The average Bonchev–Trinajstić information content (AvgIpc) is 3.73. The van der Waals surface area contributed by atoms with Crippen molar-refractivity contribution in [2.45, 2.75) is 38.3 Å². The van der Waals surface area contributed by atoms with Gasteiger partial charge in [-0.2, -0.15) is 5.10 Å². The first-order valence-corrected chi connectivity index (χ1v) is 14.0. The Kier molecular flexibility index (Phi) is 5.91. The summed E-state index contributed by atoms with van der Waals surface area (Å²) in [6.45, 7) is 0. The summed E-state index contributed by atoms with van der Waals surface area (Å²) in [6, 6.07) is 16.9. The Morgan fingerprint density at radius 2 is 1.84 bits per heavy atom. The van der Waals surface area contributed by atoms with Gasteiger partial charge in [0.1, 0.15) is 11.9 Å². The van der Waals surface area contributed by atoms with Gasteiger partial charge >= 0.3 is 0 Å². The molecule has 1 aliphatic rings. The van der Waals surface area contributed by atoms with E-state index in [-0.39, 0.29) is 5.92 Å². The van der Waals surface area contributed by atoms with Crippen LogP contribution in [0.1, 0.15) is 32.1 Å². The molecule has 1 aliphatic carbocycles. The molecule has 4 N–H and O–H groups in total. The Labute approximate surface area is 224 Å². The number of aromatic nitrogens is 5. The highest BCUT2D eigenvalue weighted by Gasteiger charge is 2.22. The molecule has 8 heteroatoms. The minimum absolute atomic E-state index is 0.288. The van der Waals surface area contributed by atoms with E-state index in [1.165, 1.54) is 35.1 Å². The second-order valence-electron chi connectivity index (χ2n) is 10.1. The van der Waals surface area contributed by atoms with Gasteiger partial charge in [0.05, 0.1) is 17.6 Å². The van der Waals surface area contributed by atoms with Gasteiger partial charge in [0.15, 0.2) is 5.65 Å². The van der Waals surface area contributed by atoms with Gasteiger partial charge < -0.3 is 15.4 Å². The lowest BCUT2D eigenvalue weighted by atomic mass is 9.88. The van der Waals surface area contributed by atoms with E-state index in [0.29, 0.717) is 0 Å². The monoisotopic (exact) mass is 520 g/mol. The van der Waals surface area contributed by atoms with E-state index >= 15 is 0 Å². The Hall–Kier alpha value is -4.01. The summed E-state index contributed by atoms with van der Waals surface area (Å²) < 4.78 is 0. The molecule has 190 valence electrons. The lowest BCUT2D eigenvalue weighted by molar-refractivity contribution is 0.109. The zero-order chi connectivity index (χ0) is 25.5. The molecular formula is C30H28N6OS. The number of pyridine rings is 2. The maximum absolute atomic E-state index is 10.7. The summed E-state index contributed by atoms with van der Waals surface area (Å²) in [5, 5.41) is 25.9. The number of nitrogens with zero attached hydrogens (tertiary/aromatic N) is 3. The fourth-order valence-electron chi connectivity index (χ4n) is 5.61. The van der Waals surface area contributed by atoms with E-state index in [4.69, 9.17) is 0 Å². The molecular weight excluding hydrogens is 492 g/mol. The number of nitrogens with one attached hydrogen (secondary N) is 3. The first kappa shape index (κ1) is 23.1. The molecule has 6 aromatic rings. The van der Waals surface area contributed by atoms with Gasteiger partial charge in [0.2, 0.25) is 0 Å². The smallest absolute Gasteiger partial charge is 0.155 e. The van der Waals surface area contributed by atoms with E-state index in [1.807, 2.05) is 18.5 Å². The highest BCUT2D eigenvalue weighted by molar-refractivity contribution is 7.13.